The molecule has 0 saturated carbocycles. The van der Waals surface area contributed by atoms with E-state index in [4.69, 9.17) is 0 Å². The van der Waals surface area contributed by atoms with E-state index in [0.717, 1.165) is 0 Å². The Morgan fingerprint density at radius 1 is 0.420 bits per heavy atom. The van der Waals surface area contributed by atoms with Crippen LogP contribution >= 0.6 is 0 Å². The van der Waals surface area contributed by atoms with Crippen molar-refractivity contribution in [2.75, 3.05) is 0 Å². The van der Waals surface area contributed by atoms with Gasteiger partial charge in [-0.3, -0.25) is 0 Å². The van der Waals surface area contributed by atoms with Crippen LogP contribution in [-0.4, -0.2) is 5.49 Å². The quantitative estimate of drug-likeness (QED) is 0.147. The Kier molecular flexibility index (Phi) is 8.32. The van der Waals surface area contributed by atoms with Crippen molar-refractivity contribution in [3.8, 4) is 22.3 Å². The maximum atomic E-state index is 2.86. The van der Waals surface area contributed by atoms with E-state index in [9.17, 15) is 0 Å². The molecule has 0 amide bonds. The number of hydrogen-bond acceptors (Lipinski definition) is 0. The summed E-state index contributed by atoms with van der Waals surface area (Å²) in [6, 6.07) is 51.1. The molecular weight excluding hydrogens is 783 g/mol. The third-order valence-electron chi connectivity index (χ3n) is 12.5. The third kappa shape index (κ3) is 5.09. The van der Waals surface area contributed by atoms with Gasteiger partial charge < -0.3 is 0 Å². The van der Waals surface area contributed by atoms with Gasteiger partial charge in [-0.1, -0.05) is 0 Å². The molecule has 0 aliphatic heterocycles. The van der Waals surface area contributed by atoms with Gasteiger partial charge in [0.15, 0.2) is 0 Å². The molecule has 246 valence electrons. The fourth-order valence-electron chi connectivity index (χ4n) is 9.57. The fraction of sp³-hybridized carbons (Fsp3) is 0.167. The van der Waals surface area contributed by atoms with Gasteiger partial charge in [-0.05, 0) is 0 Å². The molecule has 0 N–H and O–H groups in total. The van der Waals surface area contributed by atoms with Crippen molar-refractivity contribution < 1.29 is 17.1 Å². The second-order valence-electron chi connectivity index (χ2n) is 15.5. The van der Waals surface area contributed by atoms with Gasteiger partial charge in [0.2, 0.25) is 0 Å². The molecule has 2 unspecified atom stereocenters. The van der Waals surface area contributed by atoms with Gasteiger partial charge in [0.05, 0.1) is 0 Å². The zero-order valence-electron chi connectivity index (χ0n) is 30.2. The van der Waals surface area contributed by atoms with E-state index in [1.165, 1.54) is 66.8 Å². The zero-order valence-corrected chi connectivity index (χ0v) is 34.8. The number of benzene rings is 6. The summed E-state index contributed by atoms with van der Waals surface area (Å²) in [7, 11) is 0. The van der Waals surface area contributed by atoms with Gasteiger partial charge in [-0.25, -0.2) is 0 Å². The van der Waals surface area contributed by atoms with Crippen molar-refractivity contribution in [2.24, 2.45) is 0 Å². The first-order valence-electron chi connectivity index (χ1n) is 18.1. The molecule has 0 nitrogen and oxygen atoms in total. The first-order valence-corrected chi connectivity index (χ1v) is 36.3. The second-order valence-corrected chi connectivity index (χ2v) is 58.9. The standard InChI is InChI=1S/2C17H15.C12H10Si.2CH3.Hf/c2*1-12-6-3-9-15(13(12)2)17-11-5-8-14-7-4-10-16(14)17;1-3-7-11(8-4-1)13-12-9-5-2-6-10-12;;;/h2*3-11H,1-2H3;1-10H;2*1H3;. The average Bonchev–Trinajstić information content (AvgIpc) is 3.79. The minimum absolute atomic E-state index is 0.395. The Morgan fingerprint density at radius 3 is 1.22 bits per heavy atom. The maximum absolute atomic E-state index is 4.42. The summed E-state index contributed by atoms with van der Waals surface area (Å²) in [5, 5.41) is 3.09. The van der Waals surface area contributed by atoms with Crippen LogP contribution in [-0.2, 0) is 17.1 Å². The van der Waals surface area contributed by atoms with E-state index in [0.29, 0.717) is 7.35 Å². The Balaban J connectivity index is 1.46. The predicted octanol–water partition coefficient (Wildman–Crippen LogP) is 11.7. The number of aryl methyl sites for hydroxylation is 2. The van der Waals surface area contributed by atoms with E-state index in [-0.39, 0.29) is 0 Å². The number of fused-ring (bicyclic) bond motifs is 2. The summed E-state index contributed by atoms with van der Waals surface area (Å²) < 4.78 is 6.50. The summed E-state index contributed by atoms with van der Waals surface area (Å²) >= 11 is -4.42. The molecule has 50 heavy (non-hydrogen) atoms. The molecule has 2 heteroatoms. The van der Waals surface area contributed by atoms with E-state index in [1.807, 2.05) is 0 Å². The molecule has 2 atom stereocenters. The van der Waals surface area contributed by atoms with Crippen LogP contribution in [0.15, 0.2) is 146 Å². The molecule has 2 aliphatic carbocycles. The Hall–Kier alpha value is -4.11. The SMILES string of the molecule is Cc1cccc(-c2cccc3c2C=C[CH]3[Hf]([CH3])([CH3])([CH]2C=Cc3c(-c4cccc(C)c4C)cccc32)=[Si](c2ccccc2)c2ccccc2)c1C. The topological polar surface area (TPSA) is 0 Å². The second kappa shape index (κ2) is 12.6. The normalized spacial score (nSPS) is 16.4. The Bertz CT molecular complexity index is 2260. The summed E-state index contributed by atoms with van der Waals surface area (Å²) in [5.41, 5.74) is 15.6. The summed E-state index contributed by atoms with van der Waals surface area (Å²) in [4.78, 5) is 0. The van der Waals surface area contributed by atoms with Crippen molar-refractivity contribution in [1.82, 2.24) is 0 Å². The van der Waals surface area contributed by atoms with Crippen molar-refractivity contribution >= 4 is 28.0 Å². The molecule has 2 aliphatic rings. The van der Waals surface area contributed by atoms with E-state index >= 15 is 0 Å². The zero-order chi connectivity index (χ0) is 34.6. The van der Waals surface area contributed by atoms with Crippen LogP contribution in [0, 0.1) is 27.7 Å². The van der Waals surface area contributed by atoms with E-state index in [2.05, 4.69) is 195 Å². The number of allylic oxidation sites excluding steroid dienone is 2. The molecule has 0 heterocycles. The van der Waals surface area contributed by atoms with Gasteiger partial charge in [0, 0.05) is 0 Å². The van der Waals surface area contributed by atoms with Crippen molar-refractivity contribution in [2.45, 2.75) is 44.4 Å². The van der Waals surface area contributed by atoms with Crippen molar-refractivity contribution in [3.63, 3.8) is 0 Å². The first-order chi connectivity index (χ1) is 24.2. The van der Waals surface area contributed by atoms with Crippen LogP contribution in [0.2, 0.25) is 9.36 Å². The molecular formula is C48H46HfSi. The monoisotopic (exact) mass is 830 g/mol. The van der Waals surface area contributed by atoms with E-state index in [1.54, 1.807) is 10.4 Å². The third-order valence-corrected chi connectivity index (χ3v) is 61.6. The molecule has 0 aromatic heterocycles. The van der Waals surface area contributed by atoms with Gasteiger partial charge in [-0.15, -0.1) is 0 Å². The number of rotatable bonds is 6. The average molecular weight is 829 g/mol. The molecule has 6 aromatic carbocycles. The Morgan fingerprint density at radius 2 is 0.800 bits per heavy atom. The van der Waals surface area contributed by atoms with Crippen LogP contribution in [0.1, 0.15) is 51.9 Å². The molecule has 0 saturated heterocycles. The molecule has 0 bridgehead atoms. The van der Waals surface area contributed by atoms with Gasteiger partial charge >= 0.3 is 302 Å². The van der Waals surface area contributed by atoms with Crippen LogP contribution in [0.3, 0.4) is 0 Å². The van der Waals surface area contributed by atoms with Gasteiger partial charge in [0.1, 0.15) is 0 Å². The van der Waals surface area contributed by atoms with E-state index < -0.39 is 22.6 Å². The molecule has 6 aromatic rings. The van der Waals surface area contributed by atoms with Crippen LogP contribution in [0.25, 0.3) is 34.4 Å². The van der Waals surface area contributed by atoms with Crippen molar-refractivity contribution in [3.05, 3.63) is 190 Å². The van der Waals surface area contributed by atoms with Gasteiger partial charge in [-0.2, -0.15) is 0 Å². The minimum atomic E-state index is -4.42. The molecule has 8 rings (SSSR count). The van der Waals surface area contributed by atoms with Crippen LogP contribution < -0.4 is 10.4 Å². The summed E-state index contributed by atoms with van der Waals surface area (Å²) in [5.74, 6) is 0. The van der Waals surface area contributed by atoms with Crippen LogP contribution in [0.5, 0.6) is 0 Å². The molecule has 0 fully saturated rings. The van der Waals surface area contributed by atoms with Crippen LogP contribution in [0.4, 0.5) is 0 Å². The first kappa shape index (κ1) is 33.1. The number of hydrogen-bond donors (Lipinski definition) is 0. The van der Waals surface area contributed by atoms with Gasteiger partial charge in [0.25, 0.3) is 0 Å². The summed E-state index contributed by atoms with van der Waals surface area (Å²) in [6.45, 7) is 9.04. The molecule has 0 spiro atoms. The predicted molar refractivity (Wildman–Crippen MR) is 216 cm³/mol. The Labute approximate surface area is 299 Å². The van der Waals surface area contributed by atoms with Crippen molar-refractivity contribution in [1.29, 1.82) is 0 Å². The summed E-state index contributed by atoms with van der Waals surface area (Å²) in [6.07, 6.45) is 10.3. The molecule has 0 radical (unpaired) electrons. The fourth-order valence-corrected chi connectivity index (χ4v) is 62.5.